The van der Waals surface area contributed by atoms with Crippen molar-refractivity contribution in [2.45, 2.75) is 44.7 Å². The maximum Gasteiger partial charge on any atom is 0.353 e. The van der Waals surface area contributed by atoms with Crippen LogP contribution in [-0.4, -0.2) is 31.7 Å². The summed E-state index contributed by atoms with van der Waals surface area (Å²) in [6.07, 6.45) is 0.0892. The summed E-state index contributed by atoms with van der Waals surface area (Å²) in [5.74, 6) is -1.37. The Labute approximate surface area is 184 Å². The van der Waals surface area contributed by atoms with E-state index in [0.29, 0.717) is 16.8 Å². The minimum atomic E-state index is -1.76. The summed E-state index contributed by atoms with van der Waals surface area (Å²) < 4.78 is 1.25. The van der Waals surface area contributed by atoms with E-state index in [1.54, 1.807) is 36.4 Å². The SMILES string of the molecule is CC(C)(C)c1ccc(-c2nn3c(nc2=O)-c2ccccc2N2C(=O)CC[C@]23C(=O)O)cc1. The number of carbonyl (C=O) groups excluding carboxylic acids is 1. The highest BCUT2D eigenvalue weighted by Crippen LogP contribution is 2.47. The summed E-state index contributed by atoms with van der Waals surface area (Å²) in [5, 5.41) is 14.8. The molecule has 1 fully saturated rings. The van der Waals surface area contributed by atoms with E-state index in [1.807, 2.05) is 12.1 Å². The van der Waals surface area contributed by atoms with Gasteiger partial charge in [0.2, 0.25) is 11.6 Å². The van der Waals surface area contributed by atoms with Gasteiger partial charge >= 0.3 is 5.97 Å². The van der Waals surface area contributed by atoms with Crippen LogP contribution in [0.3, 0.4) is 0 Å². The first-order valence-electron chi connectivity index (χ1n) is 10.4. The second-order valence-electron chi connectivity index (χ2n) is 9.20. The molecule has 0 radical (unpaired) electrons. The highest BCUT2D eigenvalue weighted by Gasteiger charge is 2.58. The van der Waals surface area contributed by atoms with Crippen LogP contribution in [0, 0.1) is 0 Å². The maximum absolute atomic E-state index is 13.0. The van der Waals surface area contributed by atoms with Crippen molar-refractivity contribution in [1.29, 1.82) is 0 Å². The van der Waals surface area contributed by atoms with Crippen molar-refractivity contribution in [3.63, 3.8) is 0 Å². The first-order chi connectivity index (χ1) is 15.1. The number of rotatable bonds is 2. The van der Waals surface area contributed by atoms with E-state index in [1.165, 1.54) is 9.58 Å². The first-order valence-corrected chi connectivity index (χ1v) is 10.4. The molecular formula is C24H22N4O4. The van der Waals surface area contributed by atoms with E-state index in [2.05, 4.69) is 30.9 Å². The van der Waals surface area contributed by atoms with Crippen molar-refractivity contribution in [1.82, 2.24) is 14.8 Å². The van der Waals surface area contributed by atoms with E-state index in [0.717, 1.165) is 5.56 Å². The number of carbonyl (C=O) groups is 2. The minimum Gasteiger partial charge on any atom is -0.478 e. The summed E-state index contributed by atoms with van der Waals surface area (Å²) in [4.78, 5) is 43.9. The van der Waals surface area contributed by atoms with Crippen molar-refractivity contribution < 1.29 is 14.7 Å². The number of carboxylic acid groups (broad SMARTS) is 1. The molecule has 0 unspecified atom stereocenters. The molecule has 3 heterocycles. The lowest BCUT2D eigenvalue weighted by molar-refractivity contribution is -0.148. The van der Waals surface area contributed by atoms with Crippen molar-refractivity contribution >= 4 is 17.6 Å². The molecule has 8 heteroatoms. The summed E-state index contributed by atoms with van der Waals surface area (Å²) in [7, 11) is 0. The second kappa shape index (κ2) is 6.59. The number of amides is 1. The predicted molar refractivity (Wildman–Crippen MR) is 118 cm³/mol. The molecule has 0 saturated carbocycles. The lowest BCUT2D eigenvalue weighted by Gasteiger charge is -2.41. The molecule has 0 spiro atoms. The summed E-state index contributed by atoms with van der Waals surface area (Å²) in [6, 6.07) is 14.3. The largest absolute Gasteiger partial charge is 0.478 e. The molecule has 0 aliphatic carbocycles. The van der Waals surface area contributed by atoms with E-state index in [9.17, 15) is 19.5 Å². The van der Waals surface area contributed by atoms with Crippen molar-refractivity contribution in [3.8, 4) is 22.6 Å². The Balaban J connectivity index is 1.78. The summed E-state index contributed by atoms with van der Waals surface area (Å²) in [6.45, 7) is 6.28. The quantitative estimate of drug-likeness (QED) is 0.670. The Bertz CT molecular complexity index is 1340. The number of aliphatic carboxylic acids is 1. The van der Waals surface area contributed by atoms with Gasteiger partial charge in [0.15, 0.2) is 11.5 Å². The summed E-state index contributed by atoms with van der Waals surface area (Å²) >= 11 is 0. The highest BCUT2D eigenvalue weighted by molar-refractivity contribution is 6.07. The Morgan fingerprint density at radius 2 is 1.75 bits per heavy atom. The van der Waals surface area contributed by atoms with Gasteiger partial charge in [0.25, 0.3) is 5.56 Å². The maximum atomic E-state index is 13.0. The molecule has 2 aliphatic rings. The molecule has 3 aromatic rings. The molecule has 162 valence electrons. The third-order valence-corrected chi connectivity index (χ3v) is 6.22. The summed E-state index contributed by atoms with van der Waals surface area (Å²) in [5.41, 5.74) is 0.240. The zero-order valence-electron chi connectivity index (χ0n) is 18.0. The third kappa shape index (κ3) is 2.65. The average molecular weight is 430 g/mol. The number of aromatic nitrogens is 3. The molecular weight excluding hydrogens is 408 g/mol. The minimum absolute atomic E-state index is 0.0302. The number of hydrogen-bond donors (Lipinski definition) is 1. The van der Waals surface area contributed by atoms with Gasteiger partial charge in [-0.05, 0) is 23.1 Å². The van der Waals surface area contributed by atoms with Gasteiger partial charge in [-0.3, -0.25) is 14.5 Å². The zero-order valence-corrected chi connectivity index (χ0v) is 18.0. The molecule has 1 atom stereocenters. The standard InChI is InChI=1S/C24H22N4O4/c1-23(2,3)15-10-8-14(9-11-15)19-21(30)25-20-16-6-4-5-7-17(16)27-18(29)12-13-24(27,22(31)32)28(20)26-19/h4-11H,12-13H2,1-3H3,(H,31,32)/t24-/m0/s1. The average Bonchev–Trinajstić information content (AvgIpc) is 3.12. The van der Waals surface area contributed by atoms with Crippen molar-refractivity contribution in [2.24, 2.45) is 0 Å². The van der Waals surface area contributed by atoms with E-state index in [4.69, 9.17) is 0 Å². The number of benzene rings is 2. The van der Waals surface area contributed by atoms with Crippen LogP contribution in [0.4, 0.5) is 5.69 Å². The molecule has 1 aromatic heterocycles. The highest BCUT2D eigenvalue weighted by atomic mass is 16.4. The van der Waals surface area contributed by atoms with Crippen LogP contribution in [0.2, 0.25) is 0 Å². The van der Waals surface area contributed by atoms with Gasteiger partial charge in [0.1, 0.15) is 0 Å². The van der Waals surface area contributed by atoms with Gasteiger partial charge < -0.3 is 5.11 Å². The van der Waals surface area contributed by atoms with Crippen LogP contribution in [0.25, 0.3) is 22.6 Å². The Morgan fingerprint density at radius 1 is 1.06 bits per heavy atom. The van der Waals surface area contributed by atoms with E-state index in [-0.39, 0.29) is 35.7 Å². The monoisotopic (exact) mass is 430 g/mol. The lowest BCUT2D eigenvalue weighted by atomic mass is 9.86. The zero-order chi connectivity index (χ0) is 22.8. The molecule has 32 heavy (non-hydrogen) atoms. The second-order valence-corrected chi connectivity index (χ2v) is 9.20. The van der Waals surface area contributed by atoms with Crippen molar-refractivity contribution in [2.75, 3.05) is 4.90 Å². The molecule has 2 aromatic carbocycles. The fraction of sp³-hybridized carbons (Fsp3) is 0.292. The van der Waals surface area contributed by atoms with Gasteiger partial charge in [-0.15, -0.1) is 0 Å². The number of anilines is 1. The van der Waals surface area contributed by atoms with Crippen LogP contribution in [0.15, 0.2) is 53.3 Å². The smallest absolute Gasteiger partial charge is 0.353 e. The lowest BCUT2D eigenvalue weighted by Crippen LogP contribution is -2.58. The fourth-order valence-corrected chi connectivity index (χ4v) is 4.52. The Morgan fingerprint density at radius 3 is 2.41 bits per heavy atom. The number of para-hydroxylation sites is 1. The first kappa shape index (κ1) is 20.1. The van der Waals surface area contributed by atoms with Gasteiger partial charge in [-0.2, -0.15) is 10.1 Å². The van der Waals surface area contributed by atoms with Crippen LogP contribution in [0.5, 0.6) is 0 Å². The molecule has 1 saturated heterocycles. The van der Waals surface area contributed by atoms with Crippen LogP contribution < -0.4 is 10.5 Å². The normalized spacial score (nSPS) is 19.3. The number of hydrogen-bond acceptors (Lipinski definition) is 5. The van der Waals surface area contributed by atoms with Gasteiger partial charge in [0, 0.05) is 24.0 Å². The molecule has 1 N–H and O–H groups in total. The molecule has 5 rings (SSSR count). The molecule has 2 aliphatic heterocycles. The topological polar surface area (TPSA) is 105 Å². The third-order valence-electron chi connectivity index (χ3n) is 6.22. The van der Waals surface area contributed by atoms with Crippen molar-refractivity contribution in [3.05, 3.63) is 64.4 Å². The van der Waals surface area contributed by atoms with Gasteiger partial charge in [0.05, 0.1) is 5.69 Å². The number of fused-ring (bicyclic) bond motifs is 6. The fourth-order valence-electron chi connectivity index (χ4n) is 4.52. The molecule has 8 nitrogen and oxygen atoms in total. The Hall–Kier alpha value is -3.81. The number of carboxylic acids is 1. The van der Waals surface area contributed by atoms with Gasteiger partial charge in [-0.25, -0.2) is 9.48 Å². The van der Waals surface area contributed by atoms with Crippen LogP contribution in [0.1, 0.15) is 39.2 Å². The number of nitrogens with zero attached hydrogens (tertiary/aromatic N) is 4. The van der Waals surface area contributed by atoms with Crippen LogP contribution in [-0.2, 0) is 20.7 Å². The van der Waals surface area contributed by atoms with E-state index >= 15 is 0 Å². The molecule has 1 amide bonds. The molecule has 0 bridgehead atoms. The predicted octanol–water partition coefficient (Wildman–Crippen LogP) is 3.15. The van der Waals surface area contributed by atoms with Crippen LogP contribution >= 0.6 is 0 Å². The van der Waals surface area contributed by atoms with Gasteiger partial charge in [-0.1, -0.05) is 57.2 Å². The Kier molecular flexibility index (Phi) is 4.14. The van der Waals surface area contributed by atoms with E-state index < -0.39 is 17.2 Å².